The zero-order chi connectivity index (χ0) is 19.4. The van der Waals surface area contributed by atoms with Crippen molar-refractivity contribution in [3.63, 3.8) is 0 Å². The summed E-state index contributed by atoms with van der Waals surface area (Å²) in [6, 6.07) is 14.5. The molecule has 0 unspecified atom stereocenters. The first kappa shape index (κ1) is 17.9. The molecule has 3 rings (SSSR count). The molecule has 27 heavy (non-hydrogen) atoms. The van der Waals surface area contributed by atoms with E-state index in [9.17, 15) is 19.8 Å². The number of benzene rings is 3. The summed E-state index contributed by atoms with van der Waals surface area (Å²) < 4.78 is 4.62. The van der Waals surface area contributed by atoms with Crippen molar-refractivity contribution in [1.82, 2.24) is 5.43 Å². The number of phenolic OH excluding ortho intramolecular Hbond substituents is 2. The normalized spacial score (nSPS) is 10.9. The molecule has 7 heteroatoms. The highest BCUT2D eigenvalue weighted by atomic mass is 16.5. The molecule has 0 aliphatic rings. The molecule has 0 aliphatic heterocycles. The van der Waals surface area contributed by atoms with Crippen molar-refractivity contribution in [1.29, 1.82) is 0 Å². The number of carbonyl (C=O) groups is 2. The Morgan fingerprint density at radius 2 is 1.70 bits per heavy atom. The summed E-state index contributed by atoms with van der Waals surface area (Å²) in [6.07, 6.45) is 1.19. The smallest absolute Gasteiger partial charge is 0.337 e. The fourth-order valence-electron chi connectivity index (χ4n) is 2.53. The first-order valence-corrected chi connectivity index (χ1v) is 7.96. The Hall–Kier alpha value is -3.87. The summed E-state index contributed by atoms with van der Waals surface area (Å²) in [6.45, 7) is 0. The van der Waals surface area contributed by atoms with Crippen LogP contribution in [-0.4, -0.2) is 35.4 Å². The minimum absolute atomic E-state index is 0.0679. The number of hydrogen-bond acceptors (Lipinski definition) is 6. The van der Waals surface area contributed by atoms with Crippen LogP contribution >= 0.6 is 0 Å². The average molecular weight is 364 g/mol. The number of ether oxygens (including phenoxy) is 1. The van der Waals surface area contributed by atoms with Gasteiger partial charge >= 0.3 is 5.97 Å². The maximum absolute atomic E-state index is 12.3. The molecule has 3 N–H and O–H groups in total. The number of hydrazone groups is 1. The van der Waals surface area contributed by atoms with Crippen molar-refractivity contribution in [2.75, 3.05) is 7.11 Å². The first-order chi connectivity index (χ1) is 13.0. The Labute approximate surface area is 154 Å². The Bertz CT molecular complexity index is 1060. The van der Waals surface area contributed by atoms with Crippen LogP contribution in [0.15, 0.2) is 59.7 Å². The van der Waals surface area contributed by atoms with E-state index in [1.165, 1.54) is 37.6 Å². The lowest BCUT2D eigenvalue weighted by atomic mass is 10.1. The van der Waals surface area contributed by atoms with E-state index in [0.717, 1.165) is 10.8 Å². The minimum atomic E-state index is -0.613. The lowest BCUT2D eigenvalue weighted by molar-refractivity contribution is 0.0600. The molecule has 0 spiro atoms. The molecule has 1 amide bonds. The van der Waals surface area contributed by atoms with Crippen molar-refractivity contribution in [3.8, 4) is 11.5 Å². The highest BCUT2D eigenvalue weighted by molar-refractivity contribution is 6.02. The zero-order valence-electron chi connectivity index (χ0n) is 14.3. The number of fused-ring (bicyclic) bond motifs is 1. The van der Waals surface area contributed by atoms with Crippen molar-refractivity contribution in [2.45, 2.75) is 0 Å². The predicted octanol–water partition coefficient (Wildman–Crippen LogP) is 2.80. The minimum Gasteiger partial charge on any atom is -0.507 e. The molecule has 0 atom stereocenters. The summed E-state index contributed by atoms with van der Waals surface area (Å²) in [7, 11) is 1.25. The fourth-order valence-corrected chi connectivity index (χ4v) is 2.53. The predicted molar refractivity (Wildman–Crippen MR) is 100 cm³/mol. The molecule has 0 aliphatic carbocycles. The number of methoxy groups -OCH3 is 1. The van der Waals surface area contributed by atoms with Gasteiger partial charge in [-0.25, -0.2) is 10.2 Å². The summed E-state index contributed by atoms with van der Waals surface area (Å²) >= 11 is 0. The molecule has 0 saturated carbocycles. The highest BCUT2D eigenvalue weighted by Crippen LogP contribution is 2.25. The third-order valence-corrected chi connectivity index (χ3v) is 3.93. The van der Waals surface area contributed by atoms with Gasteiger partial charge in [-0.3, -0.25) is 4.79 Å². The van der Waals surface area contributed by atoms with E-state index in [0.29, 0.717) is 0 Å². The highest BCUT2D eigenvalue weighted by Gasteiger charge is 2.12. The van der Waals surface area contributed by atoms with E-state index in [4.69, 9.17) is 0 Å². The van der Waals surface area contributed by atoms with Gasteiger partial charge in [-0.1, -0.05) is 24.3 Å². The molecule has 3 aromatic rings. The van der Waals surface area contributed by atoms with E-state index >= 15 is 0 Å². The van der Waals surface area contributed by atoms with E-state index in [1.807, 2.05) is 24.3 Å². The molecule has 0 fully saturated rings. The summed E-state index contributed by atoms with van der Waals surface area (Å²) in [5, 5.41) is 25.3. The second-order valence-corrected chi connectivity index (χ2v) is 5.68. The maximum atomic E-state index is 12.3. The molecule has 0 heterocycles. The zero-order valence-corrected chi connectivity index (χ0v) is 14.3. The topological polar surface area (TPSA) is 108 Å². The molecular weight excluding hydrogens is 348 g/mol. The monoisotopic (exact) mass is 364 g/mol. The Kier molecular flexibility index (Phi) is 5.03. The Morgan fingerprint density at radius 3 is 2.41 bits per heavy atom. The third kappa shape index (κ3) is 3.87. The Morgan fingerprint density at radius 1 is 1.00 bits per heavy atom. The molecule has 3 aromatic carbocycles. The van der Waals surface area contributed by atoms with Crippen LogP contribution in [0.4, 0.5) is 0 Å². The number of rotatable bonds is 4. The molecule has 0 saturated heterocycles. The van der Waals surface area contributed by atoms with Crippen molar-refractivity contribution < 1.29 is 24.5 Å². The van der Waals surface area contributed by atoms with E-state index in [2.05, 4.69) is 15.3 Å². The number of hydrogen-bond donors (Lipinski definition) is 3. The average Bonchev–Trinajstić information content (AvgIpc) is 2.68. The van der Waals surface area contributed by atoms with Crippen LogP contribution < -0.4 is 5.43 Å². The molecule has 136 valence electrons. The number of nitrogens with zero attached hydrogens (tertiary/aromatic N) is 1. The largest absolute Gasteiger partial charge is 0.507 e. The second-order valence-electron chi connectivity index (χ2n) is 5.68. The number of phenols is 2. The van der Waals surface area contributed by atoms with Gasteiger partial charge in [0.2, 0.25) is 0 Å². The quantitative estimate of drug-likeness (QED) is 0.375. The first-order valence-electron chi connectivity index (χ1n) is 7.96. The molecule has 7 nitrogen and oxygen atoms in total. The third-order valence-electron chi connectivity index (χ3n) is 3.93. The van der Waals surface area contributed by atoms with Gasteiger partial charge in [0.25, 0.3) is 5.91 Å². The van der Waals surface area contributed by atoms with Gasteiger partial charge < -0.3 is 14.9 Å². The molecule has 0 radical (unpaired) electrons. The van der Waals surface area contributed by atoms with Gasteiger partial charge in [0.05, 0.1) is 24.5 Å². The number of carbonyl (C=O) groups excluding carboxylic acids is 2. The summed E-state index contributed by atoms with van der Waals surface area (Å²) in [5.41, 5.74) is 2.81. The van der Waals surface area contributed by atoms with Gasteiger partial charge in [-0.15, -0.1) is 0 Å². The van der Waals surface area contributed by atoms with Crippen LogP contribution in [0.25, 0.3) is 10.8 Å². The molecular formula is C20H16N2O5. The van der Waals surface area contributed by atoms with E-state index < -0.39 is 11.9 Å². The second kappa shape index (κ2) is 7.57. The lowest BCUT2D eigenvalue weighted by Gasteiger charge is -2.06. The van der Waals surface area contributed by atoms with Crippen molar-refractivity contribution in [3.05, 3.63) is 71.3 Å². The van der Waals surface area contributed by atoms with Gasteiger partial charge in [0.1, 0.15) is 11.5 Å². The van der Waals surface area contributed by atoms with Crippen LogP contribution in [0.3, 0.4) is 0 Å². The van der Waals surface area contributed by atoms with Crippen molar-refractivity contribution in [2.24, 2.45) is 5.10 Å². The number of esters is 1. The van der Waals surface area contributed by atoms with Gasteiger partial charge in [-0.05, 0) is 41.1 Å². The number of nitrogens with one attached hydrogen (secondary N) is 1. The van der Waals surface area contributed by atoms with E-state index in [1.54, 1.807) is 6.07 Å². The van der Waals surface area contributed by atoms with Crippen LogP contribution in [0.5, 0.6) is 11.5 Å². The van der Waals surface area contributed by atoms with Gasteiger partial charge in [-0.2, -0.15) is 5.10 Å². The maximum Gasteiger partial charge on any atom is 0.337 e. The van der Waals surface area contributed by atoms with Crippen LogP contribution in [0, 0.1) is 0 Å². The van der Waals surface area contributed by atoms with Crippen LogP contribution in [0.2, 0.25) is 0 Å². The van der Waals surface area contributed by atoms with Crippen molar-refractivity contribution >= 4 is 28.9 Å². The van der Waals surface area contributed by atoms with Crippen LogP contribution in [-0.2, 0) is 4.74 Å². The van der Waals surface area contributed by atoms with Gasteiger partial charge in [0, 0.05) is 5.56 Å². The standard InChI is InChI=1S/C20H16N2O5/c1-27-20(26)14-6-7-17(23)15(8-14)11-21-22-19(25)16-9-12-4-2-3-5-13(12)10-18(16)24/h2-11,23-24H,1H3,(H,22,25)/b21-11+. The Balaban J connectivity index is 1.80. The lowest BCUT2D eigenvalue weighted by Crippen LogP contribution is -2.17. The summed E-state index contributed by atoms with van der Waals surface area (Å²) in [5.74, 6) is -1.46. The molecule has 0 bridgehead atoms. The van der Waals surface area contributed by atoms with Gasteiger partial charge in [0.15, 0.2) is 0 Å². The fraction of sp³-hybridized carbons (Fsp3) is 0.0500. The van der Waals surface area contributed by atoms with E-state index in [-0.39, 0.29) is 28.2 Å². The number of amides is 1. The number of aromatic hydroxyl groups is 2. The SMILES string of the molecule is COC(=O)c1ccc(O)c(/C=N/NC(=O)c2cc3ccccc3cc2O)c1. The summed E-state index contributed by atoms with van der Waals surface area (Å²) in [4.78, 5) is 23.8. The van der Waals surface area contributed by atoms with Crippen LogP contribution in [0.1, 0.15) is 26.3 Å². The molecule has 0 aromatic heterocycles.